The summed E-state index contributed by atoms with van der Waals surface area (Å²) in [5.41, 5.74) is 5.97. The van der Waals surface area contributed by atoms with Crippen molar-refractivity contribution in [2.75, 3.05) is 0 Å². The first-order valence-corrected chi connectivity index (χ1v) is 9.56. The number of hydrogen-bond donors (Lipinski definition) is 0. The summed E-state index contributed by atoms with van der Waals surface area (Å²) in [6.07, 6.45) is 0. The highest BCUT2D eigenvalue weighted by molar-refractivity contribution is 5.95. The standard InChI is InChI=1S/C27H20N/c1-4-12-21(13-5-1)26-20-23-16-10-11-19-25(23)27(22-14-6-2-7-15-22)28(26)24-17-8-3-9-18-24/h1-20H/q+1. The van der Waals surface area contributed by atoms with E-state index < -0.39 is 0 Å². The van der Waals surface area contributed by atoms with Crippen LogP contribution in [0.1, 0.15) is 0 Å². The van der Waals surface area contributed by atoms with Gasteiger partial charge in [0, 0.05) is 29.3 Å². The minimum Gasteiger partial charge on any atom is -0.152 e. The number of fused-ring (bicyclic) bond motifs is 1. The van der Waals surface area contributed by atoms with Crippen LogP contribution in [0.5, 0.6) is 0 Å². The van der Waals surface area contributed by atoms with Crippen LogP contribution >= 0.6 is 0 Å². The van der Waals surface area contributed by atoms with Gasteiger partial charge in [-0.05, 0) is 35.7 Å². The molecular weight excluding hydrogens is 338 g/mol. The Bertz CT molecular complexity index is 1230. The van der Waals surface area contributed by atoms with Gasteiger partial charge < -0.3 is 0 Å². The molecule has 0 spiro atoms. The van der Waals surface area contributed by atoms with E-state index >= 15 is 0 Å². The lowest BCUT2D eigenvalue weighted by Crippen LogP contribution is -2.36. The number of aromatic nitrogens is 1. The molecule has 28 heavy (non-hydrogen) atoms. The van der Waals surface area contributed by atoms with Crippen LogP contribution in [0.2, 0.25) is 0 Å². The highest BCUT2D eigenvalue weighted by Gasteiger charge is 2.25. The molecule has 5 rings (SSSR count). The highest BCUT2D eigenvalue weighted by atomic mass is 15.0. The molecule has 0 atom stereocenters. The van der Waals surface area contributed by atoms with E-state index in [1.165, 1.54) is 33.3 Å². The summed E-state index contributed by atoms with van der Waals surface area (Å²) in [6.45, 7) is 0. The largest absolute Gasteiger partial charge is 0.226 e. The van der Waals surface area contributed by atoms with Gasteiger partial charge in [-0.15, -0.1) is 0 Å². The van der Waals surface area contributed by atoms with Gasteiger partial charge in [0.05, 0.1) is 5.39 Å². The van der Waals surface area contributed by atoms with E-state index in [9.17, 15) is 0 Å². The minimum atomic E-state index is 1.16. The second-order valence-electron chi connectivity index (χ2n) is 6.87. The zero-order valence-electron chi connectivity index (χ0n) is 15.5. The third-order valence-electron chi connectivity index (χ3n) is 5.10. The van der Waals surface area contributed by atoms with Crippen LogP contribution in [0, 0.1) is 0 Å². The summed E-state index contributed by atoms with van der Waals surface area (Å²) in [5.74, 6) is 0. The van der Waals surface area contributed by atoms with Gasteiger partial charge in [0.25, 0.3) is 0 Å². The van der Waals surface area contributed by atoms with E-state index in [1.54, 1.807) is 0 Å². The molecule has 0 saturated heterocycles. The monoisotopic (exact) mass is 358 g/mol. The average Bonchev–Trinajstić information content (AvgIpc) is 2.79. The molecule has 0 radical (unpaired) electrons. The van der Waals surface area contributed by atoms with Gasteiger partial charge in [-0.2, -0.15) is 4.57 Å². The summed E-state index contributed by atoms with van der Waals surface area (Å²) in [7, 11) is 0. The van der Waals surface area contributed by atoms with E-state index in [1.807, 2.05) is 0 Å². The Morgan fingerprint density at radius 1 is 0.464 bits per heavy atom. The Labute approximate surface area is 165 Å². The van der Waals surface area contributed by atoms with Gasteiger partial charge in [-0.3, -0.25) is 0 Å². The molecule has 5 aromatic rings. The molecule has 0 saturated carbocycles. The molecule has 0 bridgehead atoms. The van der Waals surface area contributed by atoms with Gasteiger partial charge in [-0.1, -0.05) is 72.8 Å². The zero-order chi connectivity index (χ0) is 18.8. The van der Waals surface area contributed by atoms with Gasteiger partial charge in [-0.25, -0.2) is 0 Å². The first-order chi connectivity index (χ1) is 13.9. The molecule has 0 aliphatic heterocycles. The van der Waals surface area contributed by atoms with E-state index in [2.05, 4.69) is 126 Å². The minimum absolute atomic E-state index is 1.16. The quantitative estimate of drug-likeness (QED) is 0.326. The van der Waals surface area contributed by atoms with Gasteiger partial charge in [0.2, 0.25) is 17.1 Å². The Morgan fingerprint density at radius 2 is 1.00 bits per heavy atom. The first-order valence-electron chi connectivity index (χ1n) is 9.56. The molecule has 1 nitrogen and oxygen atoms in total. The molecule has 1 aromatic heterocycles. The smallest absolute Gasteiger partial charge is 0.152 e. The Balaban J connectivity index is 1.97. The van der Waals surface area contributed by atoms with Crippen molar-refractivity contribution in [1.82, 2.24) is 0 Å². The Hall–Kier alpha value is -3.71. The summed E-state index contributed by atoms with van der Waals surface area (Å²) < 4.78 is 2.38. The summed E-state index contributed by atoms with van der Waals surface area (Å²) >= 11 is 0. The van der Waals surface area contributed by atoms with Crippen LogP contribution in [0.4, 0.5) is 0 Å². The molecule has 0 N–H and O–H groups in total. The maximum Gasteiger partial charge on any atom is 0.226 e. The molecule has 1 heterocycles. The molecular formula is C27H20N+. The summed E-state index contributed by atoms with van der Waals surface area (Å²) in [4.78, 5) is 0. The topological polar surface area (TPSA) is 3.88 Å². The summed E-state index contributed by atoms with van der Waals surface area (Å²) in [6, 6.07) is 42.8. The van der Waals surface area contributed by atoms with E-state index in [4.69, 9.17) is 0 Å². The molecule has 0 aliphatic rings. The van der Waals surface area contributed by atoms with Crippen LogP contribution in [0.3, 0.4) is 0 Å². The van der Waals surface area contributed by atoms with Gasteiger partial charge in [0.15, 0.2) is 0 Å². The molecule has 132 valence electrons. The van der Waals surface area contributed by atoms with Gasteiger partial charge in [0.1, 0.15) is 0 Å². The number of pyridine rings is 1. The molecule has 4 aromatic carbocycles. The van der Waals surface area contributed by atoms with Crippen molar-refractivity contribution in [3.05, 3.63) is 121 Å². The number of hydrogen-bond acceptors (Lipinski definition) is 0. The van der Waals surface area contributed by atoms with E-state index in [0.29, 0.717) is 0 Å². The molecule has 0 unspecified atom stereocenters. The van der Waals surface area contributed by atoms with Crippen molar-refractivity contribution >= 4 is 10.8 Å². The van der Waals surface area contributed by atoms with Gasteiger partial charge >= 0.3 is 0 Å². The lowest BCUT2D eigenvalue weighted by molar-refractivity contribution is -0.570. The summed E-state index contributed by atoms with van der Waals surface area (Å²) in [5, 5.41) is 2.49. The van der Waals surface area contributed by atoms with Crippen molar-refractivity contribution in [3.63, 3.8) is 0 Å². The predicted octanol–water partition coefficient (Wildman–Crippen LogP) is 6.45. The number of nitrogens with zero attached hydrogens (tertiary/aromatic N) is 1. The van der Waals surface area contributed by atoms with Crippen molar-refractivity contribution in [1.29, 1.82) is 0 Å². The second kappa shape index (κ2) is 7.13. The third-order valence-corrected chi connectivity index (χ3v) is 5.10. The molecule has 0 aliphatic carbocycles. The van der Waals surface area contributed by atoms with Crippen molar-refractivity contribution < 1.29 is 4.57 Å². The number of para-hydroxylation sites is 1. The van der Waals surface area contributed by atoms with E-state index in [0.717, 1.165) is 5.69 Å². The van der Waals surface area contributed by atoms with Crippen molar-refractivity contribution in [3.8, 4) is 28.2 Å². The highest BCUT2D eigenvalue weighted by Crippen LogP contribution is 2.31. The normalized spacial score (nSPS) is 10.9. The van der Waals surface area contributed by atoms with E-state index in [-0.39, 0.29) is 0 Å². The Kier molecular flexibility index (Phi) is 4.19. The number of benzene rings is 4. The Morgan fingerprint density at radius 3 is 1.68 bits per heavy atom. The lowest BCUT2D eigenvalue weighted by Gasteiger charge is -2.12. The van der Waals surface area contributed by atoms with Crippen molar-refractivity contribution in [2.45, 2.75) is 0 Å². The zero-order valence-corrected chi connectivity index (χ0v) is 15.5. The van der Waals surface area contributed by atoms with Crippen LogP contribution < -0.4 is 4.57 Å². The fourth-order valence-electron chi connectivity index (χ4n) is 3.84. The molecule has 0 amide bonds. The van der Waals surface area contributed by atoms with Crippen LogP contribution in [0.25, 0.3) is 39.0 Å². The van der Waals surface area contributed by atoms with Crippen LogP contribution in [-0.4, -0.2) is 0 Å². The fourth-order valence-corrected chi connectivity index (χ4v) is 3.84. The van der Waals surface area contributed by atoms with Crippen LogP contribution in [0.15, 0.2) is 121 Å². The lowest BCUT2D eigenvalue weighted by atomic mass is 9.99. The van der Waals surface area contributed by atoms with Crippen molar-refractivity contribution in [2.24, 2.45) is 0 Å². The predicted molar refractivity (Wildman–Crippen MR) is 116 cm³/mol. The average molecular weight is 358 g/mol. The maximum absolute atomic E-state index is 2.38. The fraction of sp³-hybridized carbons (Fsp3) is 0. The second-order valence-corrected chi connectivity index (χ2v) is 6.87. The molecule has 0 fully saturated rings. The van der Waals surface area contributed by atoms with Crippen LogP contribution in [-0.2, 0) is 0 Å². The number of rotatable bonds is 3. The first kappa shape index (κ1) is 16.5. The molecule has 1 heteroatoms. The third kappa shape index (κ3) is 2.87. The maximum atomic E-state index is 2.38. The SMILES string of the molecule is c1ccc(-c2cc3ccccc3c(-c3ccccc3)[n+]2-c2ccccc2)cc1.